The van der Waals surface area contributed by atoms with Gasteiger partial charge in [-0.3, -0.25) is 0 Å². The molecule has 84 valence electrons. The predicted molar refractivity (Wildman–Crippen MR) is 61.4 cm³/mol. The van der Waals surface area contributed by atoms with Crippen molar-refractivity contribution >= 4 is 0 Å². The molecule has 0 aromatic rings. The van der Waals surface area contributed by atoms with Crippen molar-refractivity contribution in [2.45, 2.75) is 60.5 Å². The van der Waals surface area contributed by atoms with E-state index in [0.29, 0.717) is 16.9 Å². The van der Waals surface area contributed by atoms with E-state index in [4.69, 9.17) is 4.74 Å². The van der Waals surface area contributed by atoms with E-state index < -0.39 is 0 Å². The molecular formula is C13H26O. The molecule has 0 aromatic carbocycles. The zero-order chi connectivity index (χ0) is 11.0. The fourth-order valence-corrected chi connectivity index (χ4v) is 2.50. The van der Waals surface area contributed by atoms with Gasteiger partial charge in [0.15, 0.2) is 0 Å². The lowest BCUT2D eigenvalue weighted by Crippen LogP contribution is -2.11. The Morgan fingerprint density at radius 3 is 2.00 bits per heavy atom. The highest BCUT2D eigenvalue weighted by molar-refractivity contribution is 5.12. The molecule has 1 atom stereocenters. The zero-order valence-electron chi connectivity index (χ0n) is 10.7. The Labute approximate surface area is 89.2 Å². The minimum atomic E-state index is 0.437. The molecule has 0 N–H and O–H groups in total. The van der Waals surface area contributed by atoms with Crippen molar-refractivity contribution in [1.29, 1.82) is 0 Å². The van der Waals surface area contributed by atoms with Crippen molar-refractivity contribution in [3.8, 4) is 0 Å². The average Bonchev–Trinajstić information content (AvgIpc) is 2.41. The maximum Gasteiger partial charge on any atom is 0.0547 e. The molecule has 1 unspecified atom stereocenters. The second-order valence-corrected chi connectivity index (χ2v) is 5.93. The van der Waals surface area contributed by atoms with Gasteiger partial charge in [0, 0.05) is 0 Å². The minimum absolute atomic E-state index is 0.437. The van der Waals surface area contributed by atoms with Gasteiger partial charge in [-0.1, -0.05) is 41.0 Å². The zero-order valence-corrected chi connectivity index (χ0v) is 10.7. The molecule has 1 nitrogen and oxygen atoms in total. The Bertz CT molecular complexity index is 179. The molecule has 0 aromatic heterocycles. The van der Waals surface area contributed by atoms with Gasteiger partial charge in [0.2, 0.25) is 0 Å². The highest BCUT2D eigenvalue weighted by Gasteiger charge is 2.64. The molecule has 0 amide bonds. The highest BCUT2D eigenvalue weighted by Crippen LogP contribution is 2.68. The lowest BCUT2D eigenvalue weighted by molar-refractivity contribution is 0.0440. The first-order valence-electron chi connectivity index (χ1n) is 5.95. The van der Waals surface area contributed by atoms with E-state index >= 15 is 0 Å². The Hall–Kier alpha value is -0.0400. The average molecular weight is 198 g/mol. The van der Waals surface area contributed by atoms with Crippen LogP contribution in [0.15, 0.2) is 0 Å². The topological polar surface area (TPSA) is 9.23 Å². The van der Waals surface area contributed by atoms with Crippen LogP contribution in [-0.2, 0) is 4.74 Å². The van der Waals surface area contributed by atoms with E-state index in [1.807, 2.05) is 0 Å². The largest absolute Gasteiger partial charge is 0.378 e. The first-order chi connectivity index (χ1) is 6.34. The Balaban J connectivity index is 2.28. The van der Waals surface area contributed by atoms with Gasteiger partial charge in [-0.2, -0.15) is 0 Å². The van der Waals surface area contributed by atoms with Crippen molar-refractivity contribution < 1.29 is 4.74 Å². The van der Waals surface area contributed by atoms with Gasteiger partial charge in [0.25, 0.3) is 0 Å². The molecule has 14 heavy (non-hydrogen) atoms. The van der Waals surface area contributed by atoms with E-state index in [9.17, 15) is 0 Å². The number of hydrogen-bond acceptors (Lipinski definition) is 1. The first kappa shape index (κ1) is 12.0. The lowest BCUT2D eigenvalue weighted by Gasteiger charge is -2.12. The fourth-order valence-electron chi connectivity index (χ4n) is 2.50. The SMILES string of the molecule is CCCC(C)OCC1C(C)(C)C1(C)C. The van der Waals surface area contributed by atoms with Crippen LogP contribution in [0.1, 0.15) is 54.4 Å². The molecule has 1 saturated carbocycles. The van der Waals surface area contributed by atoms with Gasteiger partial charge in [-0.05, 0) is 30.1 Å². The summed E-state index contributed by atoms with van der Waals surface area (Å²) in [5.74, 6) is 0.745. The molecule has 0 heterocycles. The summed E-state index contributed by atoms with van der Waals surface area (Å²) in [4.78, 5) is 0. The first-order valence-corrected chi connectivity index (χ1v) is 5.95. The third-order valence-corrected chi connectivity index (χ3v) is 4.56. The molecule has 0 radical (unpaired) electrons. The summed E-state index contributed by atoms with van der Waals surface area (Å²) < 4.78 is 5.88. The van der Waals surface area contributed by atoms with Crippen LogP contribution >= 0.6 is 0 Å². The van der Waals surface area contributed by atoms with E-state index in [1.54, 1.807) is 0 Å². The molecule has 1 rings (SSSR count). The van der Waals surface area contributed by atoms with Gasteiger partial charge in [-0.25, -0.2) is 0 Å². The van der Waals surface area contributed by atoms with Crippen molar-refractivity contribution in [1.82, 2.24) is 0 Å². The second kappa shape index (κ2) is 3.84. The second-order valence-electron chi connectivity index (χ2n) is 5.93. The Morgan fingerprint density at radius 1 is 1.14 bits per heavy atom. The molecular weight excluding hydrogens is 172 g/mol. The van der Waals surface area contributed by atoms with E-state index in [1.165, 1.54) is 12.8 Å². The van der Waals surface area contributed by atoms with Gasteiger partial charge >= 0.3 is 0 Å². The molecule has 0 aliphatic heterocycles. The van der Waals surface area contributed by atoms with Crippen molar-refractivity contribution in [3.63, 3.8) is 0 Å². The summed E-state index contributed by atoms with van der Waals surface area (Å²) in [6.45, 7) is 14.8. The molecule has 0 bridgehead atoms. The third kappa shape index (κ3) is 1.98. The third-order valence-electron chi connectivity index (χ3n) is 4.56. The number of ether oxygens (including phenoxy) is 1. The number of rotatable bonds is 5. The van der Waals surface area contributed by atoms with Gasteiger partial charge in [0.1, 0.15) is 0 Å². The van der Waals surface area contributed by atoms with Crippen LogP contribution in [0.3, 0.4) is 0 Å². The summed E-state index contributed by atoms with van der Waals surface area (Å²) in [5, 5.41) is 0. The van der Waals surface area contributed by atoms with Gasteiger partial charge in [-0.15, -0.1) is 0 Å². The number of hydrogen-bond donors (Lipinski definition) is 0. The minimum Gasteiger partial charge on any atom is -0.378 e. The molecule has 1 fully saturated rings. The van der Waals surface area contributed by atoms with Crippen LogP contribution in [0.2, 0.25) is 0 Å². The van der Waals surface area contributed by atoms with Crippen LogP contribution < -0.4 is 0 Å². The van der Waals surface area contributed by atoms with Crippen LogP contribution in [0.25, 0.3) is 0 Å². The summed E-state index contributed by atoms with van der Waals surface area (Å²) in [7, 11) is 0. The van der Waals surface area contributed by atoms with Crippen LogP contribution in [0, 0.1) is 16.7 Å². The maximum absolute atomic E-state index is 5.88. The van der Waals surface area contributed by atoms with E-state index in [0.717, 1.165) is 12.5 Å². The normalized spacial score (nSPS) is 26.1. The van der Waals surface area contributed by atoms with Crippen molar-refractivity contribution in [2.75, 3.05) is 6.61 Å². The quantitative estimate of drug-likeness (QED) is 0.651. The molecule has 0 spiro atoms. The summed E-state index contributed by atoms with van der Waals surface area (Å²) >= 11 is 0. The standard InChI is InChI=1S/C13H26O/c1-7-8-10(2)14-9-11-12(3,4)13(11,5)6/h10-11H,7-9H2,1-6H3. The summed E-state index contributed by atoms with van der Waals surface area (Å²) in [6, 6.07) is 0. The van der Waals surface area contributed by atoms with Crippen molar-refractivity contribution in [2.24, 2.45) is 16.7 Å². The fraction of sp³-hybridized carbons (Fsp3) is 1.00. The van der Waals surface area contributed by atoms with Gasteiger partial charge in [0.05, 0.1) is 12.7 Å². The lowest BCUT2D eigenvalue weighted by atomic mass is 10.0. The van der Waals surface area contributed by atoms with Crippen LogP contribution in [0.4, 0.5) is 0 Å². The van der Waals surface area contributed by atoms with Gasteiger partial charge < -0.3 is 4.74 Å². The molecule has 1 heteroatoms. The Kier molecular flexibility index (Phi) is 3.30. The van der Waals surface area contributed by atoms with Crippen molar-refractivity contribution in [3.05, 3.63) is 0 Å². The van der Waals surface area contributed by atoms with E-state index in [-0.39, 0.29) is 0 Å². The summed E-state index contributed by atoms with van der Waals surface area (Å²) in [5.41, 5.74) is 0.942. The predicted octanol–water partition coefficient (Wildman–Crippen LogP) is 3.87. The maximum atomic E-state index is 5.88. The van der Waals surface area contributed by atoms with E-state index in [2.05, 4.69) is 41.5 Å². The monoisotopic (exact) mass is 198 g/mol. The molecule has 0 saturated heterocycles. The van der Waals surface area contributed by atoms with Crippen LogP contribution in [-0.4, -0.2) is 12.7 Å². The highest BCUT2D eigenvalue weighted by atomic mass is 16.5. The molecule has 1 aliphatic carbocycles. The Morgan fingerprint density at radius 2 is 1.64 bits per heavy atom. The smallest absolute Gasteiger partial charge is 0.0547 e. The summed E-state index contributed by atoms with van der Waals surface area (Å²) in [6.07, 6.45) is 2.85. The van der Waals surface area contributed by atoms with Crippen LogP contribution in [0.5, 0.6) is 0 Å². The molecule has 1 aliphatic rings.